The van der Waals surface area contributed by atoms with Crippen molar-refractivity contribution in [1.82, 2.24) is 9.80 Å². The van der Waals surface area contributed by atoms with Crippen LogP contribution in [-0.2, 0) is 11.3 Å². The predicted octanol–water partition coefficient (Wildman–Crippen LogP) is 4.28. The predicted molar refractivity (Wildman–Crippen MR) is 118 cm³/mol. The lowest BCUT2D eigenvalue weighted by molar-refractivity contribution is 0.0240. The van der Waals surface area contributed by atoms with Crippen molar-refractivity contribution in [3.8, 4) is 0 Å². The standard InChI is InChI=1S/C24H35N3O3/c1-24(2,3)30-23(29)26-13-11-25(12-14-26)20-10-9-19-17-27(22(28)21(19)15-20)16-18-7-5-4-6-8-18/h9-10,15,18H,4-8,11-14,16-17H2,1-3H3. The number of carbonyl (C=O) groups is 2. The molecule has 2 aliphatic heterocycles. The third kappa shape index (κ3) is 4.73. The second kappa shape index (κ2) is 8.48. The maximum absolute atomic E-state index is 13.0. The van der Waals surface area contributed by atoms with Gasteiger partial charge >= 0.3 is 6.09 Å². The van der Waals surface area contributed by atoms with Gasteiger partial charge in [-0.05, 0) is 57.2 Å². The molecule has 0 aromatic heterocycles. The van der Waals surface area contributed by atoms with Gasteiger partial charge < -0.3 is 19.4 Å². The number of nitrogens with zero attached hydrogens (tertiary/aromatic N) is 3. The van der Waals surface area contributed by atoms with E-state index in [1.54, 1.807) is 4.90 Å². The maximum Gasteiger partial charge on any atom is 0.410 e. The molecule has 0 radical (unpaired) electrons. The van der Waals surface area contributed by atoms with E-state index < -0.39 is 5.60 Å². The number of ether oxygens (including phenoxy) is 1. The average Bonchev–Trinajstić information content (AvgIpc) is 3.02. The van der Waals surface area contributed by atoms with Gasteiger partial charge in [-0.25, -0.2) is 4.79 Å². The Hall–Kier alpha value is -2.24. The molecular weight excluding hydrogens is 378 g/mol. The van der Waals surface area contributed by atoms with Crippen LogP contribution in [0.5, 0.6) is 0 Å². The molecule has 2 amide bonds. The van der Waals surface area contributed by atoms with Crippen molar-refractivity contribution in [3.05, 3.63) is 29.3 Å². The Kier molecular flexibility index (Phi) is 5.94. The Morgan fingerprint density at radius 2 is 1.77 bits per heavy atom. The Balaban J connectivity index is 1.36. The van der Waals surface area contributed by atoms with Crippen LogP contribution in [0.3, 0.4) is 0 Å². The highest BCUT2D eigenvalue weighted by molar-refractivity contribution is 5.99. The van der Waals surface area contributed by atoms with Crippen molar-refractivity contribution in [1.29, 1.82) is 0 Å². The molecule has 1 saturated heterocycles. The van der Waals surface area contributed by atoms with Gasteiger partial charge in [-0.15, -0.1) is 0 Å². The molecule has 1 aromatic rings. The van der Waals surface area contributed by atoms with Gasteiger partial charge in [0.2, 0.25) is 0 Å². The van der Waals surface area contributed by atoms with Gasteiger partial charge in [0.1, 0.15) is 5.60 Å². The Morgan fingerprint density at radius 1 is 1.07 bits per heavy atom. The van der Waals surface area contributed by atoms with Crippen LogP contribution in [0.4, 0.5) is 10.5 Å². The van der Waals surface area contributed by atoms with Crippen molar-refractivity contribution in [2.45, 2.75) is 65.0 Å². The fraction of sp³-hybridized carbons (Fsp3) is 0.667. The molecule has 2 heterocycles. The molecule has 0 atom stereocenters. The fourth-order valence-corrected chi connectivity index (χ4v) is 4.85. The summed E-state index contributed by atoms with van der Waals surface area (Å²) in [6, 6.07) is 6.30. The van der Waals surface area contributed by atoms with Gasteiger partial charge in [0.25, 0.3) is 5.91 Å². The first kappa shape index (κ1) is 21.0. The van der Waals surface area contributed by atoms with E-state index in [0.29, 0.717) is 19.0 Å². The summed E-state index contributed by atoms with van der Waals surface area (Å²) in [5.74, 6) is 0.849. The van der Waals surface area contributed by atoms with E-state index in [1.807, 2.05) is 25.7 Å². The quantitative estimate of drug-likeness (QED) is 0.742. The number of piperazine rings is 1. The number of hydrogen-bond acceptors (Lipinski definition) is 4. The number of rotatable bonds is 3. The number of hydrogen-bond donors (Lipinski definition) is 0. The monoisotopic (exact) mass is 413 g/mol. The van der Waals surface area contributed by atoms with Gasteiger partial charge in [0.05, 0.1) is 0 Å². The third-order valence-electron chi connectivity index (χ3n) is 6.47. The molecule has 6 nitrogen and oxygen atoms in total. The second-order valence-electron chi connectivity index (χ2n) is 9.99. The second-order valence-corrected chi connectivity index (χ2v) is 9.99. The van der Waals surface area contributed by atoms with E-state index in [-0.39, 0.29) is 12.0 Å². The minimum absolute atomic E-state index is 0.185. The number of amides is 2. The third-order valence-corrected chi connectivity index (χ3v) is 6.47. The molecular formula is C24H35N3O3. The number of fused-ring (bicyclic) bond motifs is 1. The van der Waals surface area contributed by atoms with Crippen LogP contribution in [0.25, 0.3) is 0 Å². The molecule has 0 bridgehead atoms. The zero-order valence-corrected chi connectivity index (χ0v) is 18.7. The molecule has 1 saturated carbocycles. The van der Waals surface area contributed by atoms with E-state index >= 15 is 0 Å². The lowest BCUT2D eigenvalue weighted by Crippen LogP contribution is -2.50. The molecule has 6 heteroatoms. The van der Waals surface area contributed by atoms with Gasteiger partial charge in [-0.1, -0.05) is 25.3 Å². The molecule has 1 aromatic carbocycles. The molecule has 4 rings (SSSR count). The van der Waals surface area contributed by atoms with Gasteiger partial charge in [-0.3, -0.25) is 4.79 Å². The molecule has 1 aliphatic carbocycles. The summed E-state index contributed by atoms with van der Waals surface area (Å²) in [5.41, 5.74) is 2.60. The van der Waals surface area contributed by atoms with E-state index in [9.17, 15) is 9.59 Å². The molecule has 3 aliphatic rings. The Bertz CT molecular complexity index is 787. The molecule has 2 fully saturated rings. The maximum atomic E-state index is 13.0. The largest absolute Gasteiger partial charge is 0.444 e. The summed E-state index contributed by atoms with van der Waals surface area (Å²) >= 11 is 0. The summed E-state index contributed by atoms with van der Waals surface area (Å²) in [5, 5.41) is 0. The van der Waals surface area contributed by atoms with Crippen LogP contribution in [-0.4, -0.2) is 60.1 Å². The number of carbonyl (C=O) groups excluding carboxylic acids is 2. The zero-order chi connectivity index (χ0) is 21.3. The summed E-state index contributed by atoms with van der Waals surface area (Å²) in [6.07, 6.45) is 6.22. The molecule has 0 N–H and O–H groups in total. The van der Waals surface area contributed by atoms with Crippen molar-refractivity contribution in [2.24, 2.45) is 5.92 Å². The van der Waals surface area contributed by atoms with Crippen LogP contribution in [0.1, 0.15) is 68.8 Å². The van der Waals surface area contributed by atoms with Crippen molar-refractivity contribution in [2.75, 3.05) is 37.6 Å². The summed E-state index contributed by atoms with van der Waals surface area (Å²) in [6.45, 7) is 10.1. The average molecular weight is 414 g/mol. The van der Waals surface area contributed by atoms with Gasteiger partial charge in [0, 0.05) is 50.5 Å². The van der Waals surface area contributed by atoms with Crippen LogP contribution < -0.4 is 4.90 Å². The van der Waals surface area contributed by atoms with Crippen LogP contribution in [0.2, 0.25) is 0 Å². The van der Waals surface area contributed by atoms with Crippen molar-refractivity contribution >= 4 is 17.7 Å². The molecule has 0 unspecified atom stereocenters. The summed E-state index contributed by atoms with van der Waals surface area (Å²) < 4.78 is 5.49. The fourth-order valence-electron chi connectivity index (χ4n) is 4.85. The van der Waals surface area contributed by atoms with Crippen LogP contribution in [0.15, 0.2) is 18.2 Å². The topological polar surface area (TPSA) is 53.1 Å². The lowest BCUT2D eigenvalue weighted by atomic mass is 9.89. The van der Waals surface area contributed by atoms with E-state index in [0.717, 1.165) is 43.0 Å². The highest BCUT2D eigenvalue weighted by Gasteiger charge is 2.31. The minimum Gasteiger partial charge on any atom is -0.444 e. The van der Waals surface area contributed by atoms with E-state index in [2.05, 4.69) is 23.1 Å². The Morgan fingerprint density at radius 3 is 2.43 bits per heavy atom. The normalized spacial score (nSPS) is 20.5. The smallest absolute Gasteiger partial charge is 0.410 e. The lowest BCUT2D eigenvalue weighted by Gasteiger charge is -2.36. The number of anilines is 1. The summed E-state index contributed by atoms with van der Waals surface area (Å²) in [7, 11) is 0. The van der Waals surface area contributed by atoms with E-state index in [4.69, 9.17) is 4.74 Å². The van der Waals surface area contributed by atoms with E-state index in [1.165, 1.54) is 32.1 Å². The van der Waals surface area contributed by atoms with Crippen LogP contribution in [0, 0.1) is 5.92 Å². The first-order chi connectivity index (χ1) is 14.3. The minimum atomic E-state index is -0.474. The molecule has 30 heavy (non-hydrogen) atoms. The number of benzene rings is 1. The SMILES string of the molecule is CC(C)(C)OC(=O)N1CCN(c2ccc3c(c2)C(=O)N(CC2CCCCC2)C3)CC1. The molecule has 164 valence electrons. The van der Waals surface area contributed by atoms with Crippen LogP contribution >= 0.6 is 0 Å². The highest BCUT2D eigenvalue weighted by atomic mass is 16.6. The molecule has 0 spiro atoms. The van der Waals surface area contributed by atoms with Crippen molar-refractivity contribution < 1.29 is 14.3 Å². The van der Waals surface area contributed by atoms with Crippen molar-refractivity contribution in [3.63, 3.8) is 0 Å². The van der Waals surface area contributed by atoms with Gasteiger partial charge in [0.15, 0.2) is 0 Å². The van der Waals surface area contributed by atoms with Gasteiger partial charge in [-0.2, -0.15) is 0 Å². The summed E-state index contributed by atoms with van der Waals surface area (Å²) in [4.78, 5) is 31.4. The zero-order valence-electron chi connectivity index (χ0n) is 18.7. The first-order valence-electron chi connectivity index (χ1n) is 11.5. The first-order valence-corrected chi connectivity index (χ1v) is 11.5. The highest BCUT2D eigenvalue weighted by Crippen LogP contribution is 2.31. The Labute approximate surface area is 180 Å².